The Hall–Kier alpha value is -1.09. The molecule has 0 saturated heterocycles. The molecule has 82 valence electrons. The molecule has 0 aliphatic heterocycles. The molecule has 15 heavy (non-hydrogen) atoms. The molecule has 1 amide bonds. The van der Waals surface area contributed by atoms with Crippen molar-refractivity contribution in [2.24, 2.45) is 0 Å². The average molecular weight is 230 g/mol. The summed E-state index contributed by atoms with van der Waals surface area (Å²) in [5, 5.41) is 0. The molecule has 0 heterocycles. The van der Waals surface area contributed by atoms with E-state index in [4.69, 9.17) is 11.6 Å². The summed E-state index contributed by atoms with van der Waals surface area (Å²) in [6.45, 7) is 0.551. The van der Waals surface area contributed by atoms with Crippen molar-refractivity contribution < 1.29 is 9.18 Å². The first kappa shape index (κ1) is 12.0. The zero-order valence-electron chi connectivity index (χ0n) is 8.54. The summed E-state index contributed by atoms with van der Waals surface area (Å²) in [6.07, 6.45) is 0.636. The fraction of sp³-hybridized carbons (Fsp3) is 0.364. The molecule has 2 nitrogen and oxygen atoms in total. The van der Waals surface area contributed by atoms with Crippen molar-refractivity contribution in [1.82, 2.24) is 4.90 Å². The minimum absolute atomic E-state index is 0.0142. The van der Waals surface area contributed by atoms with Crippen LogP contribution in [0.15, 0.2) is 24.3 Å². The molecule has 0 fully saturated rings. The highest BCUT2D eigenvalue weighted by molar-refractivity contribution is 6.27. The van der Waals surface area contributed by atoms with E-state index in [2.05, 4.69) is 0 Å². The number of rotatable bonds is 4. The van der Waals surface area contributed by atoms with Crippen LogP contribution in [0.3, 0.4) is 0 Å². The Kier molecular flexibility index (Phi) is 4.56. The lowest BCUT2D eigenvalue weighted by Gasteiger charge is -2.15. The lowest BCUT2D eigenvalue weighted by atomic mass is 10.1. The Bertz CT molecular complexity index is 343. The van der Waals surface area contributed by atoms with Gasteiger partial charge in [0, 0.05) is 13.6 Å². The van der Waals surface area contributed by atoms with Gasteiger partial charge in [-0.3, -0.25) is 4.79 Å². The highest BCUT2D eigenvalue weighted by Crippen LogP contribution is 2.05. The van der Waals surface area contributed by atoms with Gasteiger partial charge in [-0.1, -0.05) is 12.1 Å². The van der Waals surface area contributed by atoms with Crippen LogP contribution in [-0.4, -0.2) is 30.3 Å². The summed E-state index contributed by atoms with van der Waals surface area (Å²) >= 11 is 5.40. The quantitative estimate of drug-likeness (QED) is 0.724. The zero-order valence-corrected chi connectivity index (χ0v) is 9.30. The first-order chi connectivity index (χ1) is 7.13. The van der Waals surface area contributed by atoms with E-state index in [1.165, 1.54) is 17.0 Å². The van der Waals surface area contributed by atoms with Crippen LogP contribution in [0.5, 0.6) is 0 Å². The van der Waals surface area contributed by atoms with Crippen LogP contribution < -0.4 is 0 Å². The highest BCUT2D eigenvalue weighted by Gasteiger charge is 2.06. The van der Waals surface area contributed by atoms with E-state index < -0.39 is 0 Å². The Morgan fingerprint density at radius 1 is 1.53 bits per heavy atom. The molecule has 0 spiro atoms. The van der Waals surface area contributed by atoms with Gasteiger partial charge in [0.25, 0.3) is 0 Å². The number of alkyl halides is 1. The Morgan fingerprint density at radius 3 is 2.87 bits per heavy atom. The third-order valence-corrected chi connectivity index (χ3v) is 2.39. The van der Waals surface area contributed by atoms with E-state index in [0.29, 0.717) is 13.0 Å². The van der Waals surface area contributed by atoms with Gasteiger partial charge in [-0.15, -0.1) is 11.6 Å². The van der Waals surface area contributed by atoms with Gasteiger partial charge in [0.05, 0.1) is 0 Å². The van der Waals surface area contributed by atoms with Crippen molar-refractivity contribution in [2.45, 2.75) is 6.42 Å². The van der Waals surface area contributed by atoms with Crippen LogP contribution in [0, 0.1) is 5.82 Å². The van der Waals surface area contributed by atoms with Gasteiger partial charge in [-0.2, -0.15) is 0 Å². The van der Waals surface area contributed by atoms with Gasteiger partial charge in [-0.25, -0.2) is 4.39 Å². The standard InChI is InChI=1S/C11H13ClFNO/c1-14(11(15)8-12)6-5-9-3-2-4-10(13)7-9/h2-4,7H,5-6,8H2,1H3. The maximum absolute atomic E-state index is 12.8. The fourth-order valence-electron chi connectivity index (χ4n) is 1.22. The second-order valence-electron chi connectivity index (χ2n) is 3.33. The number of nitrogens with zero attached hydrogens (tertiary/aromatic N) is 1. The fourth-order valence-corrected chi connectivity index (χ4v) is 1.42. The minimum Gasteiger partial charge on any atom is -0.344 e. The highest BCUT2D eigenvalue weighted by atomic mass is 35.5. The monoisotopic (exact) mass is 229 g/mol. The van der Waals surface area contributed by atoms with Gasteiger partial charge in [-0.05, 0) is 24.1 Å². The van der Waals surface area contributed by atoms with Gasteiger partial charge in [0.2, 0.25) is 5.91 Å². The maximum Gasteiger partial charge on any atom is 0.237 e. The second-order valence-corrected chi connectivity index (χ2v) is 3.60. The first-order valence-corrected chi connectivity index (χ1v) is 5.21. The Labute approximate surface area is 93.6 Å². The van der Waals surface area contributed by atoms with Crippen molar-refractivity contribution in [3.63, 3.8) is 0 Å². The summed E-state index contributed by atoms with van der Waals surface area (Å²) in [6, 6.07) is 6.37. The summed E-state index contributed by atoms with van der Waals surface area (Å²) in [7, 11) is 1.68. The van der Waals surface area contributed by atoms with E-state index in [1.54, 1.807) is 13.1 Å². The first-order valence-electron chi connectivity index (χ1n) is 4.68. The summed E-state index contributed by atoms with van der Waals surface area (Å²) in [5.41, 5.74) is 0.879. The minimum atomic E-state index is -0.251. The smallest absolute Gasteiger partial charge is 0.237 e. The third-order valence-electron chi connectivity index (χ3n) is 2.16. The van der Waals surface area contributed by atoms with E-state index in [1.807, 2.05) is 6.07 Å². The Morgan fingerprint density at radius 2 is 2.27 bits per heavy atom. The lowest BCUT2D eigenvalue weighted by molar-refractivity contribution is -0.127. The van der Waals surface area contributed by atoms with Gasteiger partial charge < -0.3 is 4.90 Å². The SMILES string of the molecule is CN(CCc1cccc(F)c1)C(=O)CCl. The van der Waals surface area contributed by atoms with Crippen LogP contribution in [0.2, 0.25) is 0 Å². The van der Waals surface area contributed by atoms with Crippen molar-refractivity contribution in [3.8, 4) is 0 Å². The van der Waals surface area contributed by atoms with E-state index in [9.17, 15) is 9.18 Å². The molecule has 0 saturated carbocycles. The van der Waals surface area contributed by atoms with Gasteiger partial charge in [0.15, 0.2) is 0 Å². The number of benzene rings is 1. The summed E-state index contributed by atoms with van der Waals surface area (Å²) < 4.78 is 12.8. The number of carbonyl (C=O) groups is 1. The number of amides is 1. The van der Waals surface area contributed by atoms with Crippen LogP contribution in [0.4, 0.5) is 4.39 Å². The Balaban J connectivity index is 2.47. The van der Waals surface area contributed by atoms with E-state index >= 15 is 0 Å². The number of carbonyl (C=O) groups excluding carboxylic acids is 1. The maximum atomic E-state index is 12.8. The van der Waals surface area contributed by atoms with Crippen LogP contribution in [-0.2, 0) is 11.2 Å². The number of halogens is 2. The molecule has 4 heteroatoms. The molecule has 0 aliphatic carbocycles. The molecule has 1 aromatic carbocycles. The molecular weight excluding hydrogens is 217 g/mol. The van der Waals surface area contributed by atoms with Crippen molar-refractivity contribution in [3.05, 3.63) is 35.6 Å². The normalized spacial score (nSPS) is 10.1. The molecule has 0 atom stereocenters. The summed E-state index contributed by atoms with van der Waals surface area (Å²) in [4.78, 5) is 12.7. The molecule has 1 rings (SSSR count). The third kappa shape index (κ3) is 3.88. The summed E-state index contributed by atoms with van der Waals surface area (Å²) in [5.74, 6) is -0.383. The lowest BCUT2D eigenvalue weighted by Crippen LogP contribution is -2.29. The predicted octanol–water partition coefficient (Wildman–Crippen LogP) is 2.07. The number of hydrogen-bond donors (Lipinski definition) is 0. The molecule has 0 unspecified atom stereocenters. The van der Waals surface area contributed by atoms with Crippen molar-refractivity contribution >= 4 is 17.5 Å². The molecule has 0 N–H and O–H groups in total. The van der Waals surface area contributed by atoms with Gasteiger partial charge >= 0.3 is 0 Å². The van der Waals surface area contributed by atoms with Crippen molar-refractivity contribution in [1.29, 1.82) is 0 Å². The predicted molar refractivity (Wildman–Crippen MR) is 58.5 cm³/mol. The molecule has 0 radical (unpaired) electrons. The number of likely N-dealkylation sites (N-methyl/N-ethyl adjacent to an activating group) is 1. The largest absolute Gasteiger partial charge is 0.344 e. The second kappa shape index (κ2) is 5.71. The topological polar surface area (TPSA) is 20.3 Å². The van der Waals surface area contributed by atoms with Crippen molar-refractivity contribution in [2.75, 3.05) is 19.5 Å². The van der Waals surface area contributed by atoms with Crippen LogP contribution in [0.25, 0.3) is 0 Å². The molecule has 0 aromatic heterocycles. The molecular formula is C11H13ClFNO. The molecule has 0 bridgehead atoms. The average Bonchev–Trinajstić information content (AvgIpc) is 2.25. The zero-order chi connectivity index (χ0) is 11.3. The van der Waals surface area contributed by atoms with E-state index in [-0.39, 0.29) is 17.6 Å². The van der Waals surface area contributed by atoms with Crippen LogP contribution >= 0.6 is 11.6 Å². The van der Waals surface area contributed by atoms with Gasteiger partial charge in [0.1, 0.15) is 11.7 Å². The van der Waals surface area contributed by atoms with E-state index in [0.717, 1.165) is 5.56 Å². The molecule has 0 aliphatic rings. The molecule has 1 aromatic rings. The number of hydrogen-bond acceptors (Lipinski definition) is 1. The van der Waals surface area contributed by atoms with Crippen LogP contribution in [0.1, 0.15) is 5.56 Å².